The van der Waals surface area contributed by atoms with Crippen LogP contribution in [0, 0.1) is 18.3 Å². The van der Waals surface area contributed by atoms with Gasteiger partial charge in [-0.25, -0.2) is 4.98 Å². The van der Waals surface area contributed by atoms with E-state index in [1.54, 1.807) is 20.4 Å². The summed E-state index contributed by atoms with van der Waals surface area (Å²) >= 11 is 1.52. The Morgan fingerprint density at radius 1 is 1.32 bits per heavy atom. The van der Waals surface area contributed by atoms with Gasteiger partial charge in [0.15, 0.2) is 0 Å². The number of aromatic nitrogens is 1. The van der Waals surface area contributed by atoms with E-state index < -0.39 is 5.92 Å². The Morgan fingerprint density at radius 2 is 2.06 bits per heavy atom. The van der Waals surface area contributed by atoms with Gasteiger partial charge in [0.1, 0.15) is 5.01 Å². The smallest absolute Gasteiger partial charge is 0.226 e. The summed E-state index contributed by atoms with van der Waals surface area (Å²) in [6.07, 6.45) is 6.33. The van der Waals surface area contributed by atoms with Crippen molar-refractivity contribution in [3.63, 3.8) is 0 Å². The largest absolute Gasteiger partial charge is 0.381 e. The Labute approximate surface area is 190 Å². The average molecular weight is 453 g/mol. The molecule has 6 atom stereocenters. The third-order valence-corrected chi connectivity index (χ3v) is 7.18. The summed E-state index contributed by atoms with van der Waals surface area (Å²) in [5, 5.41) is 5.80. The Bertz CT molecular complexity index is 684. The summed E-state index contributed by atoms with van der Waals surface area (Å²) in [6.45, 7) is 8.73. The molecule has 175 valence electrons. The lowest BCUT2D eigenvalue weighted by atomic mass is 9.94. The van der Waals surface area contributed by atoms with Gasteiger partial charge in [0.05, 0.1) is 36.6 Å². The van der Waals surface area contributed by atoms with Gasteiger partial charge in [0, 0.05) is 32.3 Å². The van der Waals surface area contributed by atoms with Gasteiger partial charge in [-0.3, -0.25) is 9.59 Å². The molecule has 1 radical (unpaired) electrons. The number of carbonyl (C=O) groups is 2. The molecule has 2 rings (SSSR count). The molecule has 2 heterocycles. The third kappa shape index (κ3) is 6.99. The molecule has 1 aromatic heterocycles. The predicted molar refractivity (Wildman–Crippen MR) is 123 cm³/mol. The van der Waals surface area contributed by atoms with Crippen LogP contribution in [-0.2, 0) is 19.1 Å². The first-order chi connectivity index (χ1) is 14.8. The van der Waals surface area contributed by atoms with Gasteiger partial charge in [-0.15, -0.1) is 11.3 Å². The first-order valence-corrected chi connectivity index (χ1v) is 12.1. The van der Waals surface area contributed by atoms with Crippen molar-refractivity contribution in [2.75, 3.05) is 20.8 Å². The van der Waals surface area contributed by atoms with E-state index in [9.17, 15) is 9.59 Å². The average Bonchev–Trinajstić information content (AvgIpc) is 3.45. The zero-order valence-electron chi connectivity index (χ0n) is 19.7. The van der Waals surface area contributed by atoms with Crippen molar-refractivity contribution in [1.82, 2.24) is 15.2 Å². The van der Waals surface area contributed by atoms with E-state index in [1.165, 1.54) is 11.3 Å². The van der Waals surface area contributed by atoms with Gasteiger partial charge < -0.3 is 19.7 Å². The maximum atomic E-state index is 13.1. The third-order valence-electron chi connectivity index (χ3n) is 6.22. The number of thiazole rings is 1. The Kier molecular flexibility index (Phi) is 10.4. The highest BCUT2D eigenvalue weighted by Gasteiger charge is 2.40. The van der Waals surface area contributed by atoms with E-state index in [1.807, 2.05) is 24.1 Å². The SMILES string of the molecule is CC[C@@H](C)[CH][C@@H](CC(=O)N1CCC[C@H]1[C@H](OC)[C@@H](C)C(=O)N[C@@H](C)c1nccs1)OC. The number of likely N-dealkylation sites (tertiary alicyclic amines) is 1. The minimum Gasteiger partial charge on any atom is -0.381 e. The van der Waals surface area contributed by atoms with Crippen molar-refractivity contribution in [2.24, 2.45) is 11.8 Å². The summed E-state index contributed by atoms with van der Waals surface area (Å²) in [5.41, 5.74) is 0. The van der Waals surface area contributed by atoms with Crippen molar-refractivity contribution >= 4 is 23.2 Å². The van der Waals surface area contributed by atoms with Gasteiger partial charge >= 0.3 is 0 Å². The molecule has 1 aliphatic rings. The first-order valence-electron chi connectivity index (χ1n) is 11.2. The monoisotopic (exact) mass is 452 g/mol. The zero-order chi connectivity index (χ0) is 23.0. The first kappa shape index (κ1) is 25.7. The molecule has 0 aliphatic carbocycles. The second-order valence-corrected chi connectivity index (χ2v) is 9.37. The summed E-state index contributed by atoms with van der Waals surface area (Å²) in [6, 6.07) is -0.276. The molecule has 31 heavy (non-hydrogen) atoms. The van der Waals surface area contributed by atoms with Crippen LogP contribution in [0.1, 0.15) is 64.4 Å². The Hall–Kier alpha value is -1.51. The fraction of sp³-hybridized carbons (Fsp3) is 0.739. The summed E-state index contributed by atoms with van der Waals surface area (Å²) in [4.78, 5) is 32.2. The van der Waals surface area contributed by atoms with Gasteiger partial charge in [-0.2, -0.15) is 0 Å². The Balaban J connectivity index is 2.01. The number of carbonyl (C=O) groups excluding carboxylic acids is 2. The highest BCUT2D eigenvalue weighted by atomic mass is 32.1. The van der Waals surface area contributed by atoms with Gasteiger partial charge in [0.2, 0.25) is 11.8 Å². The topological polar surface area (TPSA) is 80.8 Å². The minimum absolute atomic E-state index is 0.0553. The minimum atomic E-state index is -0.393. The number of hydrogen-bond acceptors (Lipinski definition) is 6. The molecule has 1 N–H and O–H groups in total. The molecule has 2 amide bonds. The molecule has 0 bridgehead atoms. The fourth-order valence-corrected chi connectivity index (χ4v) is 4.81. The molecule has 0 aromatic carbocycles. The molecular formula is C23H38N3O4S. The van der Waals surface area contributed by atoms with Crippen molar-refractivity contribution in [3.05, 3.63) is 23.0 Å². The molecule has 1 saturated heterocycles. The summed E-state index contributed by atoms with van der Waals surface area (Å²) in [7, 11) is 3.26. The van der Waals surface area contributed by atoms with Crippen LogP contribution >= 0.6 is 11.3 Å². The van der Waals surface area contributed by atoms with E-state index >= 15 is 0 Å². The normalized spacial score (nSPS) is 21.4. The number of ether oxygens (including phenoxy) is 2. The van der Waals surface area contributed by atoms with Gasteiger partial charge in [-0.1, -0.05) is 27.2 Å². The van der Waals surface area contributed by atoms with Crippen LogP contribution in [0.5, 0.6) is 0 Å². The molecule has 8 heteroatoms. The van der Waals surface area contributed by atoms with E-state index in [0.717, 1.165) is 24.3 Å². The molecule has 0 spiro atoms. The molecule has 7 nitrogen and oxygen atoms in total. The number of amides is 2. The van der Waals surface area contributed by atoms with Gasteiger partial charge in [0.25, 0.3) is 0 Å². The lowest BCUT2D eigenvalue weighted by Gasteiger charge is -2.34. The molecule has 0 saturated carbocycles. The zero-order valence-corrected chi connectivity index (χ0v) is 20.5. The van der Waals surface area contributed by atoms with Crippen molar-refractivity contribution in [3.8, 4) is 0 Å². The number of methoxy groups -OCH3 is 2. The Morgan fingerprint density at radius 3 is 2.65 bits per heavy atom. The van der Waals surface area contributed by atoms with E-state index in [0.29, 0.717) is 18.9 Å². The lowest BCUT2D eigenvalue weighted by molar-refractivity contribution is -0.141. The van der Waals surface area contributed by atoms with Crippen molar-refractivity contribution in [1.29, 1.82) is 0 Å². The summed E-state index contributed by atoms with van der Waals surface area (Å²) in [5.74, 6) is -0.0356. The summed E-state index contributed by atoms with van der Waals surface area (Å²) < 4.78 is 11.3. The molecule has 1 fully saturated rings. The maximum Gasteiger partial charge on any atom is 0.226 e. The standard InChI is InChI=1S/C23H38N3O4S/c1-7-15(2)13-18(29-5)14-20(27)26-11-8-9-19(26)21(30-6)16(3)22(28)25-17(4)23-24-10-12-31-23/h10,12-13,15-19,21H,7-9,11,14H2,1-6H3,(H,25,28)/t15-,16-,17+,18+,19+,21-/m1/s1. The quantitative estimate of drug-likeness (QED) is 0.524. The number of nitrogens with one attached hydrogen (secondary N) is 1. The van der Waals surface area contributed by atoms with Gasteiger partial charge in [-0.05, 0) is 32.1 Å². The molecule has 0 unspecified atom stereocenters. The van der Waals surface area contributed by atoms with Crippen LogP contribution in [0.4, 0.5) is 0 Å². The second kappa shape index (κ2) is 12.5. The van der Waals surface area contributed by atoms with Crippen LogP contribution in [0.3, 0.4) is 0 Å². The second-order valence-electron chi connectivity index (χ2n) is 8.44. The maximum absolute atomic E-state index is 13.1. The lowest BCUT2D eigenvalue weighted by Crippen LogP contribution is -2.50. The fourth-order valence-electron chi connectivity index (χ4n) is 4.16. The van der Waals surface area contributed by atoms with Crippen LogP contribution in [0.2, 0.25) is 0 Å². The van der Waals surface area contributed by atoms with E-state index in [2.05, 4.69) is 30.6 Å². The van der Waals surface area contributed by atoms with Crippen molar-refractivity contribution < 1.29 is 19.1 Å². The molecule has 1 aliphatic heterocycles. The van der Waals surface area contributed by atoms with E-state index in [4.69, 9.17) is 9.47 Å². The van der Waals surface area contributed by atoms with Crippen LogP contribution in [0.15, 0.2) is 11.6 Å². The van der Waals surface area contributed by atoms with Crippen molar-refractivity contribution in [2.45, 2.75) is 77.7 Å². The number of rotatable bonds is 12. The van der Waals surface area contributed by atoms with Crippen LogP contribution < -0.4 is 5.32 Å². The predicted octanol–water partition coefficient (Wildman–Crippen LogP) is 3.62. The number of nitrogens with zero attached hydrogens (tertiary/aromatic N) is 2. The van der Waals surface area contributed by atoms with Crippen LogP contribution in [-0.4, -0.2) is 60.7 Å². The molecular weight excluding hydrogens is 414 g/mol. The number of hydrogen-bond donors (Lipinski definition) is 1. The highest BCUT2D eigenvalue weighted by molar-refractivity contribution is 7.09. The molecule has 1 aromatic rings. The van der Waals surface area contributed by atoms with Crippen LogP contribution in [0.25, 0.3) is 0 Å². The highest BCUT2D eigenvalue weighted by Crippen LogP contribution is 2.28. The van der Waals surface area contributed by atoms with E-state index in [-0.39, 0.29) is 36.1 Å².